The predicted molar refractivity (Wildman–Crippen MR) is 103 cm³/mol. The molecule has 1 aromatic heterocycles. The zero-order valence-electron chi connectivity index (χ0n) is 16.0. The van der Waals surface area contributed by atoms with Crippen molar-refractivity contribution in [2.75, 3.05) is 7.11 Å². The van der Waals surface area contributed by atoms with E-state index in [1.54, 1.807) is 48.4 Å². The molecule has 1 aromatic carbocycles. The van der Waals surface area contributed by atoms with E-state index in [0.717, 1.165) is 25.7 Å². The van der Waals surface area contributed by atoms with Gasteiger partial charge in [-0.1, -0.05) is 12.8 Å². The molecular formula is C22H23NO5. The fraction of sp³-hybridized carbons (Fsp3) is 0.364. The van der Waals surface area contributed by atoms with Gasteiger partial charge in [0.2, 0.25) is 0 Å². The van der Waals surface area contributed by atoms with Crippen LogP contribution in [0.3, 0.4) is 0 Å². The Kier molecular flexibility index (Phi) is 4.71. The van der Waals surface area contributed by atoms with Crippen molar-refractivity contribution >= 4 is 17.4 Å². The lowest BCUT2D eigenvalue weighted by molar-refractivity contribution is -0.141. The second-order valence-electron chi connectivity index (χ2n) is 7.32. The Morgan fingerprint density at radius 2 is 1.79 bits per heavy atom. The first-order valence-corrected chi connectivity index (χ1v) is 9.52. The number of carbonyl (C=O) groups excluding carboxylic acids is 2. The Balaban J connectivity index is 1.84. The Morgan fingerprint density at radius 3 is 2.36 bits per heavy atom. The summed E-state index contributed by atoms with van der Waals surface area (Å²) in [7, 11) is 1.56. The molecule has 6 heteroatoms. The zero-order valence-corrected chi connectivity index (χ0v) is 16.0. The van der Waals surface area contributed by atoms with Crippen molar-refractivity contribution in [2.24, 2.45) is 0 Å². The number of amides is 1. The van der Waals surface area contributed by atoms with E-state index in [2.05, 4.69) is 0 Å². The van der Waals surface area contributed by atoms with Crippen LogP contribution in [-0.2, 0) is 9.59 Å². The Hall–Kier alpha value is -3.02. The van der Waals surface area contributed by atoms with E-state index in [-0.39, 0.29) is 17.4 Å². The topological polar surface area (TPSA) is 80.0 Å². The number of nitrogens with zero attached hydrogens (tertiary/aromatic N) is 1. The Labute approximate surface area is 163 Å². The molecule has 146 valence electrons. The van der Waals surface area contributed by atoms with E-state index < -0.39 is 17.7 Å². The molecule has 1 unspecified atom stereocenters. The van der Waals surface area contributed by atoms with Crippen LogP contribution in [0.15, 0.2) is 46.4 Å². The molecule has 0 bridgehead atoms. The molecule has 0 spiro atoms. The largest absolute Gasteiger partial charge is 0.507 e. The molecule has 1 amide bonds. The maximum atomic E-state index is 12.9. The second kappa shape index (κ2) is 7.19. The average molecular weight is 381 g/mol. The number of ether oxygens (including phenoxy) is 1. The minimum absolute atomic E-state index is 0.0203. The molecule has 6 nitrogen and oxygen atoms in total. The molecule has 4 rings (SSSR count). The summed E-state index contributed by atoms with van der Waals surface area (Å²) < 4.78 is 10.9. The smallest absolute Gasteiger partial charge is 0.296 e. The minimum Gasteiger partial charge on any atom is -0.507 e. The van der Waals surface area contributed by atoms with Crippen LogP contribution in [-0.4, -0.2) is 34.8 Å². The van der Waals surface area contributed by atoms with Crippen molar-refractivity contribution in [3.8, 4) is 5.75 Å². The number of hydrogen-bond acceptors (Lipinski definition) is 5. The van der Waals surface area contributed by atoms with Gasteiger partial charge in [0, 0.05) is 11.6 Å². The monoisotopic (exact) mass is 381 g/mol. The predicted octanol–water partition coefficient (Wildman–Crippen LogP) is 3.96. The second-order valence-corrected chi connectivity index (χ2v) is 7.32. The Morgan fingerprint density at radius 1 is 1.11 bits per heavy atom. The van der Waals surface area contributed by atoms with E-state index in [9.17, 15) is 14.7 Å². The van der Waals surface area contributed by atoms with Crippen molar-refractivity contribution in [2.45, 2.75) is 44.7 Å². The molecule has 1 aliphatic heterocycles. The van der Waals surface area contributed by atoms with Gasteiger partial charge in [0.05, 0.1) is 12.7 Å². The number of rotatable bonds is 4. The van der Waals surface area contributed by atoms with Crippen molar-refractivity contribution < 1.29 is 23.8 Å². The van der Waals surface area contributed by atoms with Crippen molar-refractivity contribution in [3.05, 3.63) is 59.1 Å². The van der Waals surface area contributed by atoms with E-state index in [1.165, 1.54) is 0 Å². The summed E-state index contributed by atoms with van der Waals surface area (Å²) in [6.07, 6.45) is 3.75. The number of hydrogen-bond donors (Lipinski definition) is 1. The zero-order chi connectivity index (χ0) is 19.8. The van der Waals surface area contributed by atoms with Gasteiger partial charge in [-0.15, -0.1) is 0 Å². The lowest BCUT2D eigenvalue weighted by atomic mass is 9.98. The Bertz CT molecular complexity index is 934. The summed E-state index contributed by atoms with van der Waals surface area (Å²) >= 11 is 0. The van der Waals surface area contributed by atoms with Crippen LogP contribution in [0.2, 0.25) is 0 Å². The summed E-state index contributed by atoms with van der Waals surface area (Å²) in [6.45, 7) is 1.81. The highest BCUT2D eigenvalue weighted by Gasteiger charge is 2.50. The molecule has 2 heterocycles. The molecule has 0 radical (unpaired) electrons. The van der Waals surface area contributed by atoms with Crippen LogP contribution < -0.4 is 4.74 Å². The van der Waals surface area contributed by atoms with Gasteiger partial charge >= 0.3 is 0 Å². The number of benzene rings is 1. The SMILES string of the molecule is COc1ccc(/C(O)=C2/C(=O)C(=O)N(C3CCCC3)C2c2ccc(C)o2)cc1. The highest BCUT2D eigenvalue weighted by molar-refractivity contribution is 6.46. The average Bonchev–Trinajstić information content (AvgIpc) is 3.43. The lowest BCUT2D eigenvalue weighted by Crippen LogP contribution is -2.37. The number of methoxy groups -OCH3 is 1. The number of aryl methyl sites for hydroxylation is 1. The summed E-state index contributed by atoms with van der Waals surface area (Å²) in [5.74, 6) is 0.400. The number of furan rings is 1. The maximum Gasteiger partial charge on any atom is 0.296 e. The fourth-order valence-corrected chi connectivity index (χ4v) is 4.19. The van der Waals surface area contributed by atoms with Gasteiger partial charge in [0.25, 0.3) is 11.7 Å². The van der Waals surface area contributed by atoms with E-state index in [1.807, 2.05) is 6.92 Å². The standard InChI is InChI=1S/C22H23NO5/c1-13-7-12-17(28-13)19-18(20(24)14-8-10-16(27-2)11-9-14)21(25)22(26)23(19)15-5-3-4-6-15/h7-12,15,19,24H,3-6H2,1-2H3/b20-18-. The first kappa shape index (κ1) is 18.3. The molecule has 1 saturated heterocycles. The van der Waals surface area contributed by atoms with Crippen LogP contribution >= 0.6 is 0 Å². The molecule has 1 atom stereocenters. The van der Waals surface area contributed by atoms with Crippen LogP contribution in [0.4, 0.5) is 0 Å². The van der Waals surface area contributed by atoms with Crippen LogP contribution in [0.1, 0.15) is 48.8 Å². The van der Waals surface area contributed by atoms with Gasteiger partial charge in [-0.3, -0.25) is 9.59 Å². The number of aliphatic hydroxyl groups excluding tert-OH is 1. The number of likely N-dealkylation sites (tertiary alicyclic amines) is 1. The molecule has 1 aliphatic carbocycles. The molecule has 28 heavy (non-hydrogen) atoms. The summed E-state index contributed by atoms with van der Waals surface area (Å²) in [6, 6.07) is 9.59. The first-order chi connectivity index (χ1) is 13.5. The van der Waals surface area contributed by atoms with Gasteiger partial charge in [-0.2, -0.15) is 0 Å². The van der Waals surface area contributed by atoms with E-state index in [0.29, 0.717) is 22.8 Å². The summed E-state index contributed by atoms with van der Waals surface area (Å²) in [4.78, 5) is 27.4. The van der Waals surface area contributed by atoms with Crippen LogP contribution in [0.5, 0.6) is 5.75 Å². The molecule has 1 N–H and O–H groups in total. The van der Waals surface area contributed by atoms with Gasteiger partial charge in [-0.05, 0) is 56.2 Å². The van der Waals surface area contributed by atoms with Crippen LogP contribution in [0, 0.1) is 6.92 Å². The van der Waals surface area contributed by atoms with Gasteiger partial charge in [-0.25, -0.2) is 0 Å². The quantitative estimate of drug-likeness (QED) is 0.493. The third kappa shape index (κ3) is 2.99. The first-order valence-electron chi connectivity index (χ1n) is 9.52. The fourth-order valence-electron chi connectivity index (χ4n) is 4.19. The third-order valence-corrected chi connectivity index (χ3v) is 5.59. The van der Waals surface area contributed by atoms with Crippen molar-refractivity contribution in [1.82, 2.24) is 4.90 Å². The number of ketones is 1. The molecular weight excluding hydrogens is 358 g/mol. The summed E-state index contributed by atoms with van der Waals surface area (Å²) in [5.41, 5.74) is 0.537. The lowest BCUT2D eigenvalue weighted by Gasteiger charge is -2.29. The molecule has 2 aromatic rings. The van der Waals surface area contributed by atoms with E-state index >= 15 is 0 Å². The summed E-state index contributed by atoms with van der Waals surface area (Å²) in [5, 5.41) is 11.0. The number of Topliss-reactive ketones (excluding diaryl/α,β-unsaturated/α-hetero) is 1. The van der Waals surface area contributed by atoms with E-state index in [4.69, 9.17) is 9.15 Å². The van der Waals surface area contributed by atoms with Crippen molar-refractivity contribution in [3.63, 3.8) is 0 Å². The number of carbonyl (C=O) groups is 2. The minimum atomic E-state index is -0.709. The van der Waals surface area contributed by atoms with Gasteiger partial charge < -0.3 is 19.2 Å². The third-order valence-electron chi connectivity index (χ3n) is 5.59. The maximum absolute atomic E-state index is 12.9. The molecule has 2 aliphatic rings. The number of aliphatic hydroxyl groups is 1. The highest BCUT2D eigenvalue weighted by Crippen LogP contribution is 2.43. The van der Waals surface area contributed by atoms with Crippen LogP contribution in [0.25, 0.3) is 5.76 Å². The van der Waals surface area contributed by atoms with Gasteiger partial charge in [0.15, 0.2) is 0 Å². The highest BCUT2D eigenvalue weighted by atomic mass is 16.5. The van der Waals surface area contributed by atoms with Crippen molar-refractivity contribution in [1.29, 1.82) is 0 Å². The normalized spacial score (nSPS) is 22.2. The molecule has 2 fully saturated rings. The molecule has 1 saturated carbocycles. The van der Waals surface area contributed by atoms with Gasteiger partial charge in [0.1, 0.15) is 29.1 Å².